The van der Waals surface area contributed by atoms with E-state index >= 15 is 0 Å². The third-order valence-electron chi connectivity index (χ3n) is 4.19. The lowest BCUT2D eigenvalue weighted by Crippen LogP contribution is -3.00. The maximum atomic E-state index is 5.95. The van der Waals surface area contributed by atoms with Crippen LogP contribution in [0.1, 0.15) is 14.4 Å². The number of rotatable bonds is 5. The Hall–Kier alpha value is -1.63. The maximum absolute atomic E-state index is 5.95. The molecule has 0 fully saturated rings. The molecule has 0 aliphatic rings. The molecule has 0 amide bonds. The normalized spacial score (nSPS) is 10.3. The minimum Gasteiger partial charge on any atom is -1.00 e. The zero-order valence-electron chi connectivity index (χ0n) is 14.0. The zero-order chi connectivity index (χ0) is 16.1. The molecule has 0 spiro atoms. The Morgan fingerprint density at radius 2 is 1.16 bits per heavy atom. The highest BCUT2D eigenvalue weighted by molar-refractivity contribution is 7.95. The summed E-state index contributed by atoms with van der Waals surface area (Å²) in [5.74, 6) is 0.999. The summed E-state index contributed by atoms with van der Waals surface area (Å²) < 4.78 is 5.95. The van der Waals surface area contributed by atoms with Gasteiger partial charge in [-0.2, -0.15) is 0 Å². The fraction of sp³-hybridized carbons (Fsp3) is 0.182. The van der Waals surface area contributed by atoms with Gasteiger partial charge >= 0.3 is 0 Å². The SMILES string of the molecule is C.CCOc1ccccc1[P+](C)(c1ccccc1)c1ccccc1.[Br-]. The van der Waals surface area contributed by atoms with Crippen molar-refractivity contribution in [3.63, 3.8) is 0 Å². The lowest BCUT2D eigenvalue weighted by molar-refractivity contribution is -0.00000550. The van der Waals surface area contributed by atoms with E-state index in [2.05, 4.69) is 91.6 Å². The summed E-state index contributed by atoms with van der Waals surface area (Å²) in [5, 5.41) is 4.05. The first kappa shape index (κ1) is 21.4. The number of halogens is 1. The summed E-state index contributed by atoms with van der Waals surface area (Å²) in [5.41, 5.74) is 0. The van der Waals surface area contributed by atoms with Crippen LogP contribution >= 0.6 is 7.26 Å². The predicted molar refractivity (Wildman–Crippen MR) is 109 cm³/mol. The number of benzene rings is 3. The van der Waals surface area contributed by atoms with Crippen molar-refractivity contribution in [1.82, 2.24) is 0 Å². The van der Waals surface area contributed by atoms with E-state index in [4.69, 9.17) is 4.74 Å². The van der Waals surface area contributed by atoms with Gasteiger partial charge in [0.1, 0.15) is 23.2 Å². The molecule has 0 saturated heterocycles. The number of hydrogen-bond donors (Lipinski definition) is 0. The van der Waals surface area contributed by atoms with Crippen molar-refractivity contribution in [2.75, 3.05) is 13.3 Å². The van der Waals surface area contributed by atoms with Crippen LogP contribution in [0.2, 0.25) is 0 Å². The Morgan fingerprint density at radius 1 is 0.720 bits per heavy atom. The second kappa shape index (κ2) is 9.75. The fourth-order valence-corrected chi connectivity index (χ4v) is 6.34. The van der Waals surface area contributed by atoms with Gasteiger partial charge in [-0.1, -0.05) is 56.0 Å². The van der Waals surface area contributed by atoms with E-state index in [-0.39, 0.29) is 24.4 Å². The van der Waals surface area contributed by atoms with Gasteiger partial charge in [0.15, 0.2) is 5.75 Å². The fourth-order valence-electron chi connectivity index (χ4n) is 2.98. The zero-order valence-corrected chi connectivity index (χ0v) is 16.5. The summed E-state index contributed by atoms with van der Waals surface area (Å²) in [6, 6.07) is 30.1. The van der Waals surface area contributed by atoms with Crippen LogP contribution in [0.5, 0.6) is 5.75 Å². The van der Waals surface area contributed by atoms with Crippen molar-refractivity contribution < 1.29 is 21.7 Å². The first-order valence-corrected chi connectivity index (χ1v) is 10.2. The first-order valence-electron chi connectivity index (χ1n) is 7.97. The van der Waals surface area contributed by atoms with E-state index in [1.165, 1.54) is 15.9 Å². The standard InChI is InChI=1S/C21H22OP.CH4.BrH/c1-3-22-20-16-10-11-17-21(20)23(2,18-12-6-4-7-13-18)19-14-8-5-9-15-19;;/h4-17H,3H2,1-2H3;1H4;1H/q+1;;/p-1. The lowest BCUT2D eigenvalue weighted by Gasteiger charge is -2.24. The Labute approximate surface area is 163 Å². The molecule has 0 saturated carbocycles. The van der Waals surface area contributed by atoms with E-state index in [1.807, 2.05) is 6.92 Å². The van der Waals surface area contributed by atoms with Crippen LogP contribution < -0.4 is 37.6 Å². The highest BCUT2D eigenvalue weighted by Gasteiger charge is 2.42. The van der Waals surface area contributed by atoms with Gasteiger partial charge < -0.3 is 21.7 Å². The molecule has 0 atom stereocenters. The van der Waals surface area contributed by atoms with Gasteiger partial charge in [-0.15, -0.1) is 0 Å². The van der Waals surface area contributed by atoms with E-state index in [0.29, 0.717) is 6.61 Å². The molecular formula is C22H26BrOP. The van der Waals surface area contributed by atoms with Crippen molar-refractivity contribution >= 4 is 23.2 Å². The van der Waals surface area contributed by atoms with Crippen molar-refractivity contribution in [2.24, 2.45) is 0 Å². The van der Waals surface area contributed by atoms with Crippen LogP contribution in [-0.4, -0.2) is 13.3 Å². The molecule has 3 aromatic carbocycles. The largest absolute Gasteiger partial charge is 1.00 e. The molecule has 0 bridgehead atoms. The topological polar surface area (TPSA) is 9.23 Å². The number of hydrogen-bond acceptors (Lipinski definition) is 1. The van der Waals surface area contributed by atoms with Gasteiger partial charge in [0.25, 0.3) is 0 Å². The number of para-hydroxylation sites is 1. The molecule has 1 nitrogen and oxygen atoms in total. The van der Waals surface area contributed by atoms with E-state index in [0.717, 1.165) is 5.75 Å². The van der Waals surface area contributed by atoms with Crippen LogP contribution in [0, 0.1) is 0 Å². The van der Waals surface area contributed by atoms with E-state index < -0.39 is 7.26 Å². The van der Waals surface area contributed by atoms with Gasteiger partial charge in [-0.05, 0) is 43.3 Å². The summed E-state index contributed by atoms with van der Waals surface area (Å²) in [7, 11) is -1.72. The second-order valence-electron chi connectivity index (χ2n) is 5.58. The predicted octanol–water partition coefficient (Wildman–Crippen LogP) is 1.65. The lowest BCUT2D eigenvalue weighted by atomic mass is 10.3. The Morgan fingerprint density at radius 3 is 1.64 bits per heavy atom. The molecule has 3 heteroatoms. The number of ether oxygens (including phenoxy) is 1. The Kier molecular flexibility index (Phi) is 8.35. The molecule has 0 radical (unpaired) electrons. The van der Waals surface area contributed by atoms with Crippen molar-refractivity contribution in [3.05, 3.63) is 84.9 Å². The maximum Gasteiger partial charge on any atom is 0.162 e. The Bertz CT molecular complexity index is 720. The average molecular weight is 417 g/mol. The average Bonchev–Trinajstić information content (AvgIpc) is 2.63. The van der Waals surface area contributed by atoms with Crippen molar-refractivity contribution in [3.8, 4) is 5.75 Å². The molecule has 3 rings (SSSR count). The molecule has 25 heavy (non-hydrogen) atoms. The van der Waals surface area contributed by atoms with Gasteiger partial charge in [0.2, 0.25) is 0 Å². The molecule has 0 aliphatic heterocycles. The molecule has 3 aromatic rings. The summed E-state index contributed by atoms with van der Waals surface area (Å²) in [6.45, 7) is 5.10. The smallest absolute Gasteiger partial charge is 0.162 e. The van der Waals surface area contributed by atoms with E-state index in [1.54, 1.807) is 0 Å². The molecule has 0 heterocycles. The third kappa shape index (κ3) is 4.32. The molecule has 132 valence electrons. The minimum atomic E-state index is -1.72. The molecule has 0 N–H and O–H groups in total. The monoisotopic (exact) mass is 416 g/mol. The highest BCUT2D eigenvalue weighted by Crippen LogP contribution is 2.53. The highest BCUT2D eigenvalue weighted by atomic mass is 79.9. The van der Waals surface area contributed by atoms with Crippen molar-refractivity contribution in [2.45, 2.75) is 14.4 Å². The van der Waals surface area contributed by atoms with Gasteiger partial charge in [-0.25, -0.2) is 0 Å². The molecular weight excluding hydrogens is 391 g/mol. The van der Waals surface area contributed by atoms with E-state index in [9.17, 15) is 0 Å². The summed E-state index contributed by atoms with van der Waals surface area (Å²) in [6.07, 6.45) is 0. The van der Waals surface area contributed by atoms with Crippen LogP contribution in [0.4, 0.5) is 0 Å². The second-order valence-corrected chi connectivity index (χ2v) is 9.11. The minimum absolute atomic E-state index is 0. The van der Waals surface area contributed by atoms with Crippen LogP contribution in [0.25, 0.3) is 0 Å². The van der Waals surface area contributed by atoms with Crippen LogP contribution in [0.15, 0.2) is 84.9 Å². The molecule has 0 unspecified atom stereocenters. The molecule has 0 aromatic heterocycles. The molecule has 0 aliphatic carbocycles. The van der Waals surface area contributed by atoms with Gasteiger partial charge in [-0.3, -0.25) is 0 Å². The van der Waals surface area contributed by atoms with Gasteiger partial charge in [0.05, 0.1) is 13.3 Å². The summed E-state index contributed by atoms with van der Waals surface area (Å²) >= 11 is 0. The Balaban J connectivity index is 0.00000156. The summed E-state index contributed by atoms with van der Waals surface area (Å²) in [4.78, 5) is 0. The van der Waals surface area contributed by atoms with Crippen LogP contribution in [-0.2, 0) is 0 Å². The van der Waals surface area contributed by atoms with Crippen LogP contribution in [0.3, 0.4) is 0 Å². The third-order valence-corrected chi connectivity index (χ3v) is 8.19. The van der Waals surface area contributed by atoms with Crippen molar-refractivity contribution in [1.29, 1.82) is 0 Å². The first-order chi connectivity index (χ1) is 11.3. The van der Waals surface area contributed by atoms with Gasteiger partial charge in [0, 0.05) is 0 Å². The quantitative estimate of drug-likeness (QED) is 0.574.